The number of hydrogen-bond donors (Lipinski definition) is 2. The zero-order chi connectivity index (χ0) is 14.5. The fourth-order valence-electron chi connectivity index (χ4n) is 2.76. The largest absolute Gasteiger partial charge is 0.371 e. The van der Waals surface area contributed by atoms with Crippen molar-refractivity contribution in [3.8, 4) is 0 Å². The predicted octanol–water partition coefficient (Wildman–Crippen LogP) is 2.02. The maximum absolute atomic E-state index is 11.7. The summed E-state index contributed by atoms with van der Waals surface area (Å²) in [6, 6.07) is 6.02. The minimum absolute atomic E-state index is 0.142. The molecule has 1 aliphatic heterocycles. The van der Waals surface area contributed by atoms with Crippen LogP contribution in [0.3, 0.4) is 0 Å². The second kappa shape index (κ2) is 6.95. The van der Waals surface area contributed by atoms with Gasteiger partial charge in [-0.1, -0.05) is 17.7 Å². The number of nitrogens with one attached hydrogen (secondary N) is 2. The number of hydrogen-bond acceptors (Lipinski definition) is 3. The van der Waals surface area contributed by atoms with Crippen molar-refractivity contribution in [3.05, 3.63) is 28.8 Å². The number of piperidine rings is 1. The molecule has 1 heterocycles. The third kappa shape index (κ3) is 3.44. The minimum Gasteiger partial charge on any atom is -0.371 e. The van der Waals surface area contributed by atoms with Crippen molar-refractivity contribution in [1.82, 2.24) is 10.6 Å². The van der Waals surface area contributed by atoms with Crippen molar-refractivity contribution in [1.29, 1.82) is 0 Å². The molecular formula is C15H22ClN3O. The summed E-state index contributed by atoms with van der Waals surface area (Å²) >= 11 is 6.13. The van der Waals surface area contributed by atoms with Crippen LogP contribution in [0.1, 0.15) is 18.4 Å². The molecular weight excluding hydrogens is 274 g/mol. The molecule has 1 fully saturated rings. The standard InChI is InChI=1S/C15H22ClN3O/c1-17-10-12-3-4-13(16)9-14(12)19-7-5-11(6-8-19)15(20)18-2/h3-4,9,11,17H,5-8,10H2,1-2H3,(H,18,20). The van der Waals surface area contributed by atoms with Crippen LogP contribution in [0.15, 0.2) is 18.2 Å². The topological polar surface area (TPSA) is 44.4 Å². The molecule has 1 aliphatic rings. The number of nitrogens with zero attached hydrogens (tertiary/aromatic N) is 1. The van der Waals surface area contributed by atoms with Gasteiger partial charge in [-0.3, -0.25) is 4.79 Å². The van der Waals surface area contributed by atoms with E-state index in [2.05, 4.69) is 21.6 Å². The summed E-state index contributed by atoms with van der Waals surface area (Å²) in [5.41, 5.74) is 2.43. The SMILES string of the molecule is CNCc1ccc(Cl)cc1N1CCC(C(=O)NC)CC1. The first-order chi connectivity index (χ1) is 9.65. The van der Waals surface area contributed by atoms with E-state index in [0.29, 0.717) is 0 Å². The summed E-state index contributed by atoms with van der Waals surface area (Å²) in [6.45, 7) is 2.62. The zero-order valence-electron chi connectivity index (χ0n) is 12.1. The molecule has 2 rings (SSSR count). The van der Waals surface area contributed by atoms with E-state index < -0.39 is 0 Å². The molecule has 0 unspecified atom stereocenters. The van der Waals surface area contributed by atoms with Crippen LogP contribution in [0, 0.1) is 5.92 Å². The maximum atomic E-state index is 11.7. The van der Waals surface area contributed by atoms with Gasteiger partial charge in [-0.25, -0.2) is 0 Å². The molecule has 4 nitrogen and oxygen atoms in total. The Morgan fingerprint density at radius 2 is 2.05 bits per heavy atom. The quantitative estimate of drug-likeness (QED) is 0.893. The molecule has 0 saturated carbocycles. The fourth-order valence-corrected chi connectivity index (χ4v) is 2.92. The lowest BCUT2D eigenvalue weighted by Gasteiger charge is -2.34. The van der Waals surface area contributed by atoms with Crippen LogP contribution in [0.4, 0.5) is 5.69 Å². The Morgan fingerprint density at radius 3 is 2.65 bits per heavy atom. The number of amides is 1. The van der Waals surface area contributed by atoms with E-state index in [1.165, 1.54) is 11.3 Å². The van der Waals surface area contributed by atoms with E-state index in [0.717, 1.165) is 37.5 Å². The summed E-state index contributed by atoms with van der Waals surface area (Å²) in [5, 5.41) is 6.68. The Hall–Kier alpha value is -1.26. The molecule has 0 aliphatic carbocycles. The Morgan fingerprint density at radius 1 is 1.35 bits per heavy atom. The van der Waals surface area contributed by atoms with Gasteiger partial charge in [-0.05, 0) is 37.6 Å². The maximum Gasteiger partial charge on any atom is 0.222 e. The molecule has 0 bridgehead atoms. The third-order valence-electron chi connectivity index (χ3n) is 3.87. The zero-order valence-corrected chi connectivity index (χ0v) is 12.8. The molecule has 5 heteroatoms. The molecule has 0 atom stereocenters. The molecule has 20 heavy (non-hydrogen) atoms. The van der Waals surface area contributed by atoms with Crippen LogP contribution >= 0.6 is 11.6 Å². The highest BCUT2D eigenvalue weighted by atomic mass is 35.5. The molecule has 1 amide bonds. The summed E-state index contributed by atoms with van der Waals surface area (Å²) in [5.74, 6) is 0.300. The van der Waals surface area contributed by atoms with Gasteiger partial charge in [-0.15, -0.1) is 0 Å². The van der Waals surface area contributed by atoms with Gasteiger partial charge in [0.05, 0.1) is 0 Å². The summed E-state index contributed by atoms with van der Waals surface area (Å²) in [4.78, 5) is 14.0. The second-order valence-corrected chi connectivity index (χ2v) is 5.62. The van der Waals surface area contributed by atoms with Crippen molar-refractivity contribution in [3.63, 3.8) is 0 Å². The van der Waals surface area contributed by atoms with Crippen LogP contribution in [-0.4, -0.2) is 33.1 Å². The highest BCUT2D eigenvalue weighted by molar-refractivity contribution is 6.30. The summed E-state index contributed by atoms with van der Waals surface area (Å²) < 4.78 is 0. The molecule has 0 aromatic heterocycles. The van der Waals surface area contributed by atoms with Gasteiger partial charge in [0, 0.05) is 43.3 Å². The van der Waals surface area contributed by atoms with Crippen molar-refractivity contribution in [2.45, 2.75) is 19.4 Å². The van der Waals surface area contributed by atoms with Gasteiger partial charge in [0.15, 0.2) is 0 Å². The number of halogens is 1. The van der Waals surface area contributed by atoms with Gasteiger partial charge in [0.1, 0.15) is 0 Å². The van der Waals surface area contributed by atoms with Gasteiger partial charge in [-0.2, -0.15) is 0 Å². The Bertz CT molecular complexity index is 470. The highest BCUT2D eigenvalue weighted by Crippen LogP contribution is 2.29. The van der Waals surface area contributed by atoms with E-state index in [4.69, 9.17) is 11.6 Å². The Kier molecular flexibility index (Phi) is 5.26. The van der Waals surface area contributed by atoms with Crippen LogP contribution < -0.4 is 15.5 Å². The highest BCUT2D eigenvalue weighted by Gasteiger charge is 2.25. The van der Waals surface area contributed by atoms with Crippen LogP contribution in [-0.2, 0) is 11.3 Å². The van der Waals surface area contributed by atoms with Crippen molar-refractivity contribution in [2.75, 3.05) is 32.1 Å². The Labute approximate surface area is 125 Å². The lowest BCUT2D eigenvalue weighted by atomic mass is 9.95. The first kappa shape index (κ1) is 15.1. The lowest BCUT2D eigenvalue weighted by Crippen LogP contribution is -2.40. The van der Waals surface area contributed by atoms with Crippen LogP contribution in [0.2, 0.25) is 5.02 Å². The van der Waals surface area contributed by atoms with E-state index in [1.807, 2.05) is 19.2 Å². The average molecular weight is 296 g/mol. The number of carbonyl (C=O) groups excluding carboxylic acids is 1. The van der Waals surface area contributed by atoms with Gasteiger partial charge in [0.25, 0.3) is 0 Å². The van der Waals surface area contributed by atoms with Crippen molar-refractivity contribution in [2.24, 2.45) is 5.92 Å². The average Bonchev–Trinajstić information content (AvgIpc) is 2.48. The number of rotatable bonds is 4. The van der Waals surface area contributed by atoms with Crippen LogP contribution in [0.25, 0.3) is 0 Å². The van der Waals surface area contributed by atoms with E-state index >= 15 is 0 Å². The molecule has 110 valence electrons. The first-order valence-electron chi connectivity index (χ1n) is 7.05. The summed E-state index contributed by atoms with van der Waals surface area (Å²) in [7, 11) is 3.65. The van der Waals surface area contributed by atoms with E-state index in [1.54, 1.807) is 7.05 Å². The molecule has 0 radical (unpaired) electrons. The minimum atomic E-state index is 0.142. The van der Waals surface area contributed by atoms with Crippen molar-refractivity contribution >= 4 is 23.2 Å². The number of benzene rings is 1. The number of carbonyl (C=O) groups is 1. The second-order valence-electron chi connectivity index (χ2n) is 5.18. The van der Waals surface area contributed by atoms with Crippen LogP contribution in [0.5, 0.6) is 0 Å². The Balaban J connectivity index is 2.09. The smallest absolute Gasteiger partial charge is 0.222 e. The summed E-state index contributed by atoms with van der Waals surface area (Å²) in [6.07, 6.45) is 1.79. The normalized spacial score (nSPS) is 16.2. The monoisotopic (exact) mass is 295 g/mol. The van der Waals surface area contributed by atoms with E-state index in [9.17, 15) is 4.79 Å². The molecule has 2 N–H and O–H groups in total. The predicted molar refractivity (Wildman–Crippen MR) is 83.2 cm³/mol. The van der Waals surface area contributed by atoms with Crippen molar-refractivity contribution < 1.29 is 4.79 Å². The molecule has 0 spiro atoms. The lowest BCUT2D eigenvalue weighted by molar-refractivity contribution is -0.125. The first-order valence-corrected chi connectivity index (χ1v) is 7.43. The number of anilines is 1. The van der Waals surface area contributed by atoms with Gasteiger partial charge < -0.3 is 15.5 Å². The molecule has 1 saturated heterocycles. The third-order valence-corrected chi connectivity index (χ3v) is 4.10. The molecule has 1 aromatic rings. The molecule has 1 aromatic carbocycles. The van der Waals surface area contributed by atoms with E-state index in [-0.39, 0.29) is 11.8 Å². The fraction of sp³-hybridized carbons (Fsp3) is 0.533. The van der Waals surface area contributed by atoms with Gasteiger partial charge in [0.2, 0.25) is 5.91 Å². The van der Waals surface area contributed by atoms with Gasteiger partial charge >= 0.3 is 0 Å².